The number of hydrogen-bond acceptors (Lipinski definition) is 5. The molecule has 22 heavy (non-hydrogen) atoms. The maximum Gasteiger partial charge on any atom is 0.338 e. The summed E-state index contributed by atoms with van der Waals surface area (Å²) in [7, 11) is 1.24. The van der Waals surface area contributed by atoms with Crippen molar-refractivity contribution in [2.75, 3.05) is 7.11 Å². The first-order valence-corrected chi connectivity index (χ1v) is 7.01. The van der Waals surface area contributed by atoms with Gasteiger partial charge in [-0.25, -0.2) is 4.79 Å². The molecule has 1 rings (SSSR count). The molecule has 118 valence electrons. The molecule has 0 fully saturated rings. The van der Waals surface area contributed by atoms with Crippen molar-refractivity contribution in [2.24, 2.45) is 10.9 Å². The van der Waals surface area contributed by atoms with Crippen molar-refractivity contribution >= 4 is 23.6 Å². The quantitative estimate of drug-likeness (QED) is 0.346. The van der Waals surface area contributed by atoms with E-state index in [0.29, 0.717) is 11.3 Å². The van der Waals surface area contributed by atoms with Crippen molar-refractivity contribution in [3.8, 4) is 0 Å². The van der Waals surface area contributed by atoms with Crippen molar-refractivity contribution in [1.82, 2.24) is 0 Å². The zero-order valence-electron chi connectivity index (χ0n) is 13.2. The molecule has 0 saturated carbocycles. The van der Waals surface area contributed by atoms with E-state index in [9.17, 15) is 14.9 Å². The summed E-state index contributed by atoms with van der Waals surface area (Å²) in [4.78, 5) is 26.6. The molecule has 0 unspecified atom stereocenters. The van der Waals surface area contributed by atoms with Gasteiger partial charge in [0.15, 0.2) is 0 Å². The van der Waals surface area contributed by atoms with Gasteiger partial charge in [0.05, 0.1) is 23.3 Å². The van der Waals surface area contributed by atoms with E-state index in [4.69, 9.17) is 0 Å². The maximum absolute atomic E-state index is 11.7. The van der Waals surface area contributed by atoms with Gasteiger partial charge < -0.3 is 4.74 Å². The van der Waals surface area contributed by atoms with Gasteiger partial charge in [0.1, 0.15) is 0 Å². The van der Waals surface area contributed by atoms with E-state index in [1.807, 2.05) is 26.8 Å². The van der Waals surface area contributed by atoms with Gasteiger partial charge in [-0.05, 0) is 18.4 Å². The summed E-state index contributed by atoms with van der Waals surface area (Å²) in [6.45, 7) is 5.92. The highest BCUT2D eigenvalue weighted by Crippen LogP contribution is 2.25. The molecule has 6 heteroatoms. The highest BCUT2D eigenvalue weighted by atomic mass is 16.6. The number of rotatable bonds is 6. The summed E-state index contributed by atoms with van der Waals surface area (Å²) >= 11 is 0. The standard InChI is InChI=1S/C16H20N2O4/c1-5-6-15(17-10-11(2)3)12-7-13(16(19)22-4)9-14(8-12)18(20)21/h6-11H,5H2,1-4H3/b15-6-,17-10?. The number of benzene rings is 1. The van der Waals surface area contributed by atoms with Gasteiger partial charge in [0.25, 0.3) is 5.69 Å². The van der Waals surface area contributed by atoms with E-state index in [1.165, 1.54) is 19.2 Å². The van der Waals surface area contributed by atoms with Gasteiger partial charge in [0.2, 0.25) is 0 Å². The first-order valence-electron chi connectivity index (χ1n) is 7.01. The van der Waals surface area contributed by atoms with Crippen molar-refractivity contribution in [3.05, 3.63) is 45.5 Å². The van der Waals surface area contributed by atoms with Crippen LogP contribution in [0.3, 0.4) is 0 Å². The molecule has 0 saturated heterocycles. The molecular weight excluding hydrogens is 284 g/mol. The summed E-state index contributed by atoms with van der Waals surface area (Å²) in [6.07, 6.45) is 4.35. The van der Waals surface area contributed by atoms with E-state index in [1.54, 1.807) is 12.3 Å². The molecule has 6 nitrogen and oxygen atoms in total. The molecule has 0 bridgehead atoms. The number of carbonyl (C=O) groups excluding carboxylic acids is 1. The van der Waals surface area contributed by atoms with Crippen LogP contribution in [0.1, 0.15) is 43.1 Å². The molecular formula is C16H20N2O4. The number of non-ortho nitro benzene ring substituents is 1. The third-order valence-corrected chi connectivity index (χ3v) is 2.75. The zero-order chi connectivity index (χ0) is 16.7. The Hall–Kier alpha value is -2.50. The molecule has 1 aromatic carbocycles. The number of nitro benzene ring substituents is 1. The van der Waals surface area contributed by atoms with Gasteiger partial charge in [0, 0.05) is 23.9 Å². The third kappa shape index (κ3) is 4.80. The van der Waals surface area contributed by atoms with Crippen LogP contribution in [0.2, 0.25) is 0 Å². The number of nitrogens with zero attached hydrogens (tertiary/aromatic N) is 2. The Labute approximate surface area is 129 Å². The van der Waals surface area contributed by atoms with Gasteiger partial charge in [-0.1, -0.05) is 26.8 Å². The van der Waals surface area contributed by atoms with Gasteiger partial charge in [-0.3, -0.25) is 15.1 Å². The van der Waals surface area contributed by atoms with Gasteiger partial charge in [-0.2, -0.15) is 0 Å². The molecule has 0 radical (unpaired) electrons. The minimum Gasteiger partial charge on any atom is -0.465 e. The summed E-state index contributed by atoms with van der Waals surface area (Å²) in [5.74, 6) is -0.368. The average Bonchev–Trinajstić information content (AvgIpc) is 2.49. The highest BCUT2D eigenvalue weighted by molar-refractivity contribution is 5.91. The number of nitro groups is 1. The number of aliphatic imine (C=N–C) groups is 1. The molecule has 0 aliphatic rings. The smallest absolute Gasteiger partial charge is 0.338 e. The summed E-state index contributed by atoms with van der Waals surface area (Å²) in [5, 5.41) is 11.1. The van der Waals surface area contributed by atoms with Crippen LogP contribution in [-0.2, 0) is 4.74 Å². The summed E-state index contributed by atoms with van der Waals surface area (Å²) in [6, 6.07) is 4.16. The Kier molecular flexibility index (Phi) is 6.44. The van der Waals surface area contributed by atoms with E-state index < -0.39 is 10.9 Å². The van der Waals surface area contributed by atoms with Gasteiger partial charge in [-0.15, -0.1) is 0 Å². The van der Waals surface area contributed by atoms with Gasteiger partial charge >= 0.3 is 5.97 Å². The summed E-state index contributed by atoms with van der Waals surface area (Å²) in [5.41, 5.74) is 1.09. The van der Waals surface area contributed by atoms with Crippen molar-refractivity contribution in [2.45, 2.75) is 27.2 Å². The van der Waals surface area contributed by atoms with E-state index in [2.05, 4.69) is 9.73 Å². The Morgan fingerprint density at radius 1 is 1.36 bits per heavy atom. The highest BCUT2D eigenvalue weighted by Gasteiger charge is 2.16. The normalized spacial score (nSPS) is 12.0. The molecule has 0 N–H and O–H groups in total. The number of methoxy groups -OCH3 is 1. The molecule has 0 atom stereocenters. The number of allylic oxidation sites excluding steroid dienone is 1. The lowest BCUT2D eigenvalue weighted by Crippen LogP contribution is -2.03. The van der Waals surface area contributed by atoms with E-state index >= 15 is 0 Å². The van der Waals surface area contributed by atoms with Crippen LogP contribution >= 0.6 is 0 Å². The third-order valence-electron chi connectivity index (χ3n) is 2.75. The second kappa shape index (κ2) is 8.07. The fraction of sp³-hybridized carbons (Fsp3) is 0.375. The van der Waals surface area contributed by atoms with Crippen LogP contribution in [0.15, 0.2) is 29.3 Å². The SMILES string of the molecule is CC/C=C(\N=CC(C)C)c1cc(C(=O)OC)cc([N+](=O)[O-])c1. The maximum atomic E-state index is 11.7. The Bertz CT molecular complexity index is 619. The lowest BCUT2D eigenvalue weighted by atomic mass is 10.1. The van der Waals surface area contributed by atoms with E-state index in [-0.39, 0.29) is 17.2 Å². The molecule has 1 aromatic rings. The van der Waals surface area contributed by atoms with Crippen molar-refractivity contribution < 1.29 is 14.5 Å². The largest absolute Gasteiger partial charge is 0.465 e. The predicted molar refractivity (Wildman–Crippen MR) is 86.0 cm³/mol. The lowest BCUT2D eigenvalue weighted by Gasteiger charge is -2.06. The van der Waals surface area contributed by atoms with E-state index in [0.717, 1.165) is 6.42 Å². The molecule has 0 aliphatic heterocycles. The minimum absolute atomic E-state index is 0.133. The van der Waals surface area contributed by atoms with Crippen LogP contribution in [0, 0.1) is 16.0 Å². The van der Waals surface area contributed by atoms with Crippen LogP contribution in [0.4, 0.5) is 5.69 Å². The predicted octanol–water partition coefficient (Wildman–Crippen LogP) is 3.86. The Morgan fingerprint density at radius 2 is 2.00 bits per heavy atom. The van der Waals surface area contributed by atoms with Crippen LogP contribution < -0.4 is 0 Å². The Morgan fingerprint density at radius 3 is 2.50 bits per heavy atom. The number of ether oxygens (including phenoxy) is 1. The second-order valence-electron chi connectivity index (χ2n) is 5.04. The first kappa shape index (κ1) is 17.6. The monoisotopic (exact) mass is 304 g/mol. The fourth-order valence-corrected chi connectivity index (χ4v) is 1.77. The summed E-state index contributed by atoms with van der Waals surface area (Å²) < 4.78 is 4.64. The molecule has 0 spiro atoms. The second-order valence-corrected chi connectivity index (χ2v) is 5.04. The average molecular weight is 304 g/mol. The number of carbonyl (C=O) groups is 1. The van der Waals surface area contributed by atoms with Crippen LogP contribution in [-0.4, -0.2) is 24.2 Å². The van der Waals surface area contributed by atoms with Crippen LogP contribution in [0.5, 0.6) is 0 Å². The molecule has 0 amide bonds. The van der Waals surface area contributed by atoms with Crippen LogP contribution in [0.25, 0.3) is 5.70 Å². The van der Waals surface area contributed by atoms with Crippen molar-refractivity contribution in [3.63, 3.8) is 0 Å². The Balaban J connectivity index is 3.41. The topological polar surface area (TPSA) is 81.8 Å². The molecule has 0 aliphatic carbocycles. The first-order chi connectivity index (χ1) is 10.4. The zero-order valence-corrected chi connectivity index (χ0v) is 13.2. The molecule has 0 aromatic heterocycles. The van der Waals surface area contributed by atoms with Crippen molar-refractivity contribution in [1.29, 1.82) is 0 Å². The number of esters is 1. The number of hydrogen-bond donors (Lipinski definition) is 0. The fourth-order valence-electron chi connectivity index (χ4n) is 1.77. The molecule has 0 heterocycles. The minimum atomic E-state index is -0.617. The lowest BCUT2D eigenvalue weighted by molar-refractivity contribution is -0.384.